The molecule has 3 heterocycles. The number of aromatic amines is 1. The second kappa shape index (κ2) is 6.44. The van der Waals surface area contributed by atoms with E-state index in [1.54, 1.807) is 7.11 Å². The van der Waals surface area contributed by atoms with Crippen LogP contribution in [0.25, 0.3) is 28.3 Å². The molecule has 0 fully saturated rings. The van der Waals surface area contributed by atoms with Crippen molar-refractivity contribution in [2.45, 2.75) is 13.8 Å². The van der Waals surface area contributed by atoms with Crippen molar-refractivity contribution >= 4 is 0 Å². The van der Waals surface area contributed by atoms with Gasteiger partial charge < -0.3 is 4.74 Å². The molecule has 0 saturated carbocycles. The second-order valence-corrected chi connectivity index (χ2v) is 5.98. The van der Waals surface area contributed by atoms with Crippen LogP contribution < -0.4 is 4.74 Å². The van der Waals surface area contributed by atoms with E-state index in [0.717, 1.165) is 39.5 Å². The zero-order chi connectivity index (χ0) is 18.1. The van der Waals surface area contributed by atoms with Crippen molar-refractivity contribution < 1.29 is 4.74 Å². The smallest absolute Gasteiger partial charge is 0.159 e. The lowest BCUT2D eigenvalue weighted by molar-refractivity contribution is 0.416. The molecule has 4 rings (SSSR count). The highest BCUT2D eigenvalue weighted by molar-refractivity contribution is 5.80. The molecule has 1 aromatic carbocycles. The van der Waals surface area contributed by atoms with Crippen molar-refractivity contribution in [3.05, 3.63) is 60.3 Å². The summed E-state index contributed by atoms with van der Waals surface area (Å²) >= 11 is 0. The maximum Gasteiger partial charge on any atom is 0.159 e. The van der Waals surface area contributed by atoms with E-state index in [4.69, 9.17) is 9.84 Å². The Morgan fingerprint density at radius 3 is 2.69 bits per heavy atom. The molecule has 4 aromatic rings. The van der Waals surface area contributed by atoms with E-state index in [1.807, 2.05) is 61.3 Å². The topological polar surface area (TPSA) is 81.5 Å². The third kappa shape index (κ3) is 2.73. The molecule has 26 heavy (non-hydrogen) atoms. The molecule has 130 valence electrons. The van der Waals surface area contributed by atoms with Crippen molar-refractivity contribution in [2.75, 3.05) is 7.11 Å². The molecule has 7 nitrogen and oxygen atoms in total. The minimum Gasteiger partial charge on any atom is -0.496 e. The van der Waals surface area contributed by atoms with Crippen LogP contribution in [0.2, 0.25) is 0 Å². The summed E-state index contributed by atoms with van der Waals surface area (Å²) in [5, 5.41) is 11.7. The Morgan fingerprint density at radius 2 is 1.92 bits per heavy atom. The fourth-order valence-electron chi connectivity index (χ4n) is 2.91. The van der Waals surface area contributed by atoms with Gasteiger partial charge in [0.2, 0.25) is 0 Å². The molecule has 0 unspecified atom stereocenters. The minimum absolute atomic E-state index is 0.653. The number of aromatic nitrogens is 6. The van der Waals surface area contributed by atoms with Gasteiger partial charge in [0.1, 0.15) is 17.8 Å². The van der Waals surface area contributed by atoms with Crippen LogP contribution >= 0.6 is 0 Å². The highest BCUT2D eigenvalue weighted by Gasteiger charge is 2.19. The third-order valence-electron chi connectivity index (χ3n) is 4.20. The van der Waals surface area contributed by atoms with Crippen molar-refractivity contribution in [2.24, 2.45) is 0 Å². The number of H-pyrrole nitrogens is 1. The van der Waals surface area contributed by atoms with E-state index in [9.17, 15) is 0 Å². The number of ether oxygens (including phenoxy) is 1. The van der Waals surface area contributed by atoms with Crippen molar-refractivity contribution in [3.8, 4) is 34.1 Å². The number of pyridine rings is 1. The van der Waals surface area contributed by atoms with Gasteiger partial charge in [-0.3, -0.25) is 10.1 Å². The maximum absolute atomic E-state index is 5.52. The standard InChI is InChI=1S/C19H18N6O/c1-12-9-20-13(2)8-16(12)25-10-15(19-21-11-22-23-19)18(24-25)14-6-4-5-7-17(14)26-3/h4-11H,1-3H3,(H,21,22,23). The molecule has 0 saturated heterocycles. The molecule has 0 aliphatic rings. The van der Waals surface area contributed by atoms with E-state index in [1.165, 1.54) is 6.33 Å². The maximum atomic E-state index is 5.52. The molecule has 0 aliphatic carbocycles. The monoisotopic (exact) mass is 346 g/mol. The first-order valence-electron chi connectivity index (χ1n) is 8.20. The van der Waals surface area contributed by atoms with Crippen LogP contribution in [0.5, 0.6) is 5.75 Å². The Hall–Kier alpha value is -3.48. The van der Waals surface area contributed by atoms with Gasteiger partial charge in [-0.05, 0) is 37.6 Å². The summed E-state index contributed by atoms with van der Waals surface area (Å²) in [5.41, 5.74) is 5.45. The van der Waals surface area contributed by atoms with E-state index in [0.29, 0.717) is 5.82 Å². The van der Waals surface area contributed by atoms with Crippen LogP contribution in [0.3, 0.4) is 0 Å². The zero-order valence-corrected chi connectivity index (χ0v) is 14.8. The number of benzene rings is 1. The van der Waals surface area contributed by atoms with Gasteiger partial charge in [0.25, 0.3) is 0 Å². The summed E-state index contributed by atoms with van der Waals surface area (Å²) in [5.74, 6) is 1.40. The molecule has 0 radical (unpaired) electrons. The Labute approximate surface area is 150 Å². The molecular weight excluding hydrogens is 328 g/mol. The summed E-state index contributed by atoms with van der Waals surface area (Å²) < 4.78 is 7.38. The average Bonchev–Trinajstić information content (AvgIpc) is 3.33. The van der Waals surface area contributed by atoms with Gasteiger partial charge >= 0.3 is 0 Å². The first-order valence-corrected chi connectivity index (χ1v) is 8.20. The number of hydrogen-bond acceptors (Lipinski definition) is 5. The highest BCUT2D eigenvalue weighted by Crippen LogP contribution is 2.35. The molecule has 0 amide bonds. The van der Waals surface area contributed by atoms with Crippen LogP contribution in [-0.2, 0) is 0 Å². The van der Waals surface area contributed by atoms with Gasteiger partial charge in [0.15, 0.2) is 5.82 Å². The van der Waals surface area contributed by atoms with Gasteiger partial charge in [0.05, 0.1) is 18.4 Å². The van der Waals surface area contributed by atoms with Crippen LogP contribution in [-0.4, -0.2) is 37.1 Å². The predicted molar refractivity (Wildman–Crippen MR) is 98.2 cm³/mol. The fraction of sp³-hybridized carbons (Fsp3) is 0.158. The van der Waals surface area contributed by atoms with E-state index in [2.05, 4.69) is 20.2 Å². The van der Waals surface area contributed by atoms with Crippen molar-refractivity contribution in [1.29, 1.82) is 0 Å². The first kappa shape index (κ1) is 16.0. The molecule has 0 aliphatic heterocycles. The van der Waals surface area contributed by atoms with Gasteiger partial charge in [-0.15, -0.1) is 0 Å². The number of hydrogen-bond donors (Lipinski definition) is 1. The number of nitrogens with one attached hydrogen (secondary N) is 1. The van der Waals surface area contributed by atoms with Crippen LogP contribution in [0.15, 0.2) is 49.1 Å². The van der Waals surface area contributed by atoms with Gasteiger partial charge in [-0.2, -0.15) is 10.2 Å². The van der Waals surface area contributed by atoms with Crippen LogP contribution in [0.4, 0.5) is 0 Å². The number of rotatable bonds is 4. The largest absolute Gasteiger partial charge is 0.496 e. The number of methoxy groups -OCH3 is 1. The van der Waals surface area contributed by atoms with Crippen LogP contribution in [0.1, 0.15) is 11.3 Å². The average molecular weight is 346 g/mol. The summed E-state index contributed by atoms with van der Waals surface area (Å²) in [6.07, 6.45) is 5.29. The molecule has 0 spiro atoms. The lowest BCUT2D eigenvalue weighted by Crippen LogP contribution is -2.00. The van der Waals surface area contributed by atoms with E-state index < -0.39 is 0 Å². The lowest BCUT2D eigenvalue weighted by atomic mass is 10.1. The predicted octanol–water partition coefficient (Wildman–Crippen LogP) is 3.34. The van der Waals surface area contributed by atoms with E-state index >= 15 is 0 Å². The second-order valence-electron chi connectivity index (χ2n) is 5.98. The summed E-state index contributed by atoms with van der Waals surface area (Å²) in [6, 6.07) is 9.81. The van der Waals surface area contributed by atoms with Crippen molar-refractivity contribution in [3.63, 3.8) is 0 Å². The molecule has 1 N–H and O–H groups in total. The summed E-state index contributed by atoms with van der Waals surface area (Å²) in [7, 11) is 1.65. The zero-order valence-electron chi connectivity index (χ0n) is 14.8. The number of aryl methyl sites for hydroxylation is 2. The van der Waals surface area contributed by atoms with E-state index in [-0.39, 0.29) is 0 Å². The Bertz CT molecular complexity index is 1050. The molecule has 3 aromatic heterocycles. The van der Waals surface area contributed by atoms with Gasteiger partial charge in [-0.25, -0.2) is 9.67 Å². The summed E-state index contributed by atoms with van der Waals surface area (Å²) in [4.78, 5) is 8.64. The fourth-order valence-corrected chi connectivity index (χ4v) is 2.91. The Kier molecular flexibility index (Phi) is 3.96. The van der Waals surface area contributed by atoms with Crippen LogP contribution in [0, 0.1) is 13.8 Å². The first-order chi connectivity index (χ1) is 12.7. The molecule has 0 atom stereocenters. The molecule has 0 bridgehead atoms. The summed E-state index contributed by atoms with van der Waals surface area (Å²) in [6.45, 7) is 3.98. The van der Waals surface area contributed by atoms with Gasteiger partial charge in [0, 0.05) is 23.7 Å². The van der Waals surface area contributed by atoms with Gasteiger partial charge in [-0.1, -0.05) is 12.1 Å². The quantitative estimate of drug-likeness (QED) is 0.613. The SMILES string of the molecule is COc1ccccc1-c1nn(-c2cc(C)ncc2C)cc1-c1ncn[nH]1. The van der Waals surface area contributed by atoms with Crippen molar-refractivity contribution in [1.82, 2.24) is 29.9 Å². The highest BCUT2D eigenvalue weighted by atomic mass is 16.5. The number of para-hydroxylation sites is 1. The third-order valence-corrected chi connectivity index (χ3v) is 4.20. The Balaban J connectivity index is 1.96. The molecule has 7 heteroatoms. The minimum atomic E-state index is 0.653. The lowest BCUT2D eigenvalue weighted by Gasteiger charge is -2.07. The molecular formula is C19H18N6O. The number of nitrogens with zero attached hydrogens (tertiary/aromatic N) is 5. The normalized spacial score (nSPS) is 10.9. The Morgan fingerprint density at radius 1 is 1.08 bits per heavy atom.